The van der Waals surface area contributed by atoms with Gasteiger partial charge in [0.2, 0.25) is 11.8 Å². The summed E-state index contributed by atoms with van der Waals surface area (Å²) in [6, 6.07) is -0.906. The molecule has 1 radical (unpaired) electrons. The predicted molar refractivity (Wildman–Crippen MR) is 44.3 cm³/mol. The van der Waals surface area contributed by atoms with Crippen LogP contribution in [0.1, 0.15) is 12.8 Å². The van der Waals surface area contributed by atoms with Gasteiger partial charge in [-0.2, -0.15) is 13.2 Å². The number of halogens is 3. The lowest BCUT2D eigenvalue weighted by molar-refractivity contribution is -0.145. The predicted octanol–water partition coefficient (Wildman–Crippen LogP) is 0.229. The number of alkyl halides is 3. The number of carbonyl (C=O) groups excluding carboxylic acids is 2. The first-order valence-electron chi connectivity index (χ1n) is 4.34. The summed E-state index contributed by atoms with van der Waals surface area (Å²) in [6.07, 6.45) is -4.20. The lowest BCUT2D eigenvalue weighted by Gasteiger charge is -2.22. The molecule has 1 aliphatic heterocycles. The van der Waals surface area contributed by atoms with Gasteiger partial charge in [0.15, 0.2) is 6.42 Å². The van der Waals surface area contributed by atoms with Crippen LogP contribution in [0.5, 0.6) is 0 Å². The molecule has 0 spiro atoms. The molecule has 1 atom stereocenters. The van der Waals surface area contributed by atoms with Crippen molar-refractivity contribution in [3.63, 3.8) is 0 Å². The lowest BCUT2D eigenvalue weighted by atomic mass is 10.2. The molecule has 0 saturated carbocycles. The molecule has 0 aromatic heterocycles. The molecule has 2 amide bonds. The van der Waals surface area contributed by atoms with E-state index >= 15 is 0 Å². The topological polar surface area (TPSA) is 63.4 Å². The van der Waals surface area contributed by atoms with Gasteiger partial charge in [-0.15, -0.1) is 0 Å². The number of nitrogens with two attached hydrogens (primary N) is 1. The molecule has 2 N–H and O–H groups in total. The lowest BCUT2D eigenvalue weighted by Crippen LogP contribution is -2.45. The Bertz CT molecular complexity index is 278. The highest BCUT2D eigenvalue weighted by molar-refractivity contribution is 5.91. The van der Waals surface area contributed by atoms with Crippen molar-refractivity contribution < 1.29 is 22.8 Å². The zero-order valence-corrected chi connectivity index (χ0v) is 7.75. The fraction of sp³-hybridized carbons (Fsp3) is 0.625. The fourth-order valence-corrected chi connectivity index (χ4v) is 1.55. The third-order valence-electron chi connectivity index (χ3n) is 2.15. The summed E-state index contributed by atoms with van der Waals surface area (Å²) in [5.41, 5.74) is 4.96. The first-order valence-corrected chi connectivity index (χ1v) is 4.34. The van der Waals surface area contributed by atoms with Gasteiger partial charge < -0.3 is 10.6 Å². The van der Waals surface area contributed by atoms with Gasteiger partial charge in [0.1, 0.15) is 6.04 Å². The molecule has 1 heterocycles. The van der Waals surface area contributed by atoms with Gasteiger partial charge in [-0.1, -0.05) is 0 Å². The Balaban J connectivity index is 2.63. The molecule has 4 nitrogen and oxygen atoms in total. The minimum atomic E-state index is -4.66. The molecule has 1 rings (SSSR count). The van der Waals surface area contributed by atoms with E-state index in [4.69, 9.17) is 5.73 Å². The maximum atomic E-state index is 11.9. The van der Waals surface area contributed by atoms with E-state index in [1.165, 1.54) is 0 Å². The molecule has 1 aliphatic rings. The van der Waals surface area contributed by atoms with Crippen LogP contribution in [-0.2, 0) is 9.59 Å². The number of primary amides is 1. The number of nitrogens with zero attached hydrogens (tertiary/aromatic N) is 1. The largest absolute Gasteiger partial charge is 0.401 e. The average molecular weight is 223 g/mol. The molecule has 0 aromatic rings. The number of rotatable bonds is 2. The van der Waals surface area contributed by atoms with E-state index in [-0.39, 0.29) is 13.0 Å². The van der Waals surface area contributed by atoms with E-state index in [1.807, 2.05) is 0 Å². The summed E-state index contributed by atoms with van der Waals surface area (Å²) in [5, 5.41) is 0. The molecule has 7 heteroatoms. The smallest absolute Gasteiger partial charge is 0.368 e. The first kappa shape index (κ1) is 11.8. The molecule has 0 aliphatic carbocycles. The summed E-state index contributed by atoms with van der Waals surface area (Å²) >= 11 is 0. The van der Waals surface area contributed by atoms with Crippen LogP contribution >= 0.6 is 0 Å². The van der Waals surface area contributed by atoms with Crippen LogP contribution < -0.4 is 5.73 Å². The average Bonchev–Trinajstić information content (AvgIpc) is 2.47. The molecule has 0 bridgehead atoms. The highest BCUT2D eigenvalue weighted by Gasteiger charge is 2.39. The minimum absolute atomic E-state index is 0.138. The fourth-order valence-electron chi connectivity index (χ4n) is 1.55. The van der Waals surface area contributed by atoms with Crippen LogP contribution in [0.3, 0.4) is 0 Å². The maximum Gasteiger partial charge on any atom is 0.401 e. The van der Waals surface area contributed by atoms with Gasteiger partial charge in [-0.25, -0.2) is 0 Å². The van der Waals surface area contributed by atoms with Crippen molar-refractivity contribution in [3.8, 4) is 0 Å². The molecular weight excluding hydrogens is 213 g/mol. The van der Waals surface area contributed by atoms with Gasteiger partial charge in [-0.3, -0.25) is 9.59 Å². The van der Waals surface area contributed by atoms with E-state index < -0.39 is 24.0 Å². The maximum absolute atomic E-state index is 11.9. The second kappa shape index (κ2) is 4.08. The van der Waals surface area contributed by atoms with Crippen LogP contribution in [0.4, 0.5) is 13.2 Å². The minimum Gasteiger partial charge on any atom is -0.368 e. The molecule has 15 heavy (non-hydrogen) atoms. The number of amides is 2. The molecule has 85 valence electrons. The molecule has 1 unspecified atom stereocenters. The first-order chi connectivity index (χ1) is 6.81. The second-order valence-electron chi connectivity index (χ2n) is 3.28. The molecule has 1 fully saturated rings. The van der Waals surface area contributed by atoms with Crippen molar-refractivity contribution in [3.05, 3.63) is 6.42 Å². The van der Waals surface area contributed by atoms with Gasteiger partial charge >= 0.3 is 6.18 Å². The van der Waals surface area contributed by atoms with Gasteiger partial charge in [0.05, 0.1) is 0 Å². The SMILES string of the molecule is NC(=O)C1CCCN1C(=O)[CH]C(F)(F)F. The van der Waals surface area contributed by atoms with Crippen molar-refractivity contribution in [2.24, 2.45) is 5.73 Å². The Hall–Kier alpha value is -1.27. The van der Waals surface area contributed by atoms with Crippen LogP contribution in [0.15, 0.2) is 0 Å². The summed E-state index contributed by atoms with van der Waals surface area (Å²) in [7, 11) is 0. The Morgan fingerprint density at radius 1 is 1.40 bits per heavy atom. The molecular formula is C8H10F3N2O2. The van der Waals surface area contributed by atoms with Crippen LogP contribution in [0.2, 0.25) is 0 Å². The number of likely N-dealkylation sites (tertiary alicyclic amines) is 1. The number of hydrogen-bond donors (Lipinski definition) is 1. The van der Waals surface area contributed by atoms with Crippen LogP contribution in [-0.4, -0.2) is 35.5 Å². The van der Waals surface area contributed by atoms with Gasteiger partial charge in [0.25, 0.3) is 0 Å². The molecule has 0 aromatic carbocycles. The Morgan fingerprint density at radius 3 is 2.47 bits per heavy atom. The van der Waals surface area contributed by atoms with Crippen molar-refractivity contribution >= 4 is 11.8 Å². The summed E-state index contributed by atoms with van der Waals surface area (Å²) < 4.78 is 35.6. The van der Waals surface area contributed by atoms with E-state index in [0.29, 0.717) is 12.8 Å². The van der Waals surface area contributed by atoms with E-state index in [2.05, 4.69) is 0 Å². The van der Waals surface area contributed by atoms with Crippen molar-refractivity contribution in [1.29, 1.82) is 0 Å². The standard InChI is InChI=1S/C8H10F3N2O2/c9-8(10,11)4-6(14)13-3-1-2-5(13)7(12)15/h4-5H,1-3H2,(H2,12,15). The quantitative estimate of drug-likeness (QED) is 0.728. The summed E-state index contributed by atoms with van der Waals surface area (Å²) in [6.45, 7) is 0.138. The van der Waals surface area contributed by atoms with E-state index in [9.17, 15) is 22.8 Å². The highest BCUT2D eigenvalue weighted by Crippen LogP contribution is 2.23. The van der Waals surface area contributed by atoms with Crippen molar-refractivity contribution in [2.45, 2.75) is 25.1 Å². The molecule has 1 saturated heterocycles. The van der Waals surface area contributed by atoms with Crippen LogP contribution in [0, 0.1) is 6.42 Å². The monoisotopic (exact) mass is 223 g/mol. The zero-order chi connectivity index (χ0) is 11.6. The van der Waals surface area contributed by atoms with E-state index in [0.717, 1.165) is 4.90 Å². The summed E-state index contributed by atoms with van der Waals surface area (Å²) in [5.74, 6) is -1.97. The van der Waals surface area contributed by atoms with E-state index in [1.54, 1.807) is 0 Å². The third-order valence-corrected chi connectivity index (χ3v) is 2.15. The van der Waals surface area contributed by atoms with Gasteiger partial charge in [-0.05, 0) is 12.8 Å². The van der Waals surface area contributed by atoms with Crippen molar-refractivity contribution in [1.82, 2.24) is 4.90 Å². The van der Waals surface area contributed by atoms with Crippen LogP contribution in [0.25, 0.3) is 0 Å². The highest BCUT2D eigenvalue weighted by atomic mass is 19.4. The second-order valence-corrected chi connectivity index (χ2v) is 3.28. The number of hydrogen-bond acceptors (Lipinski definition) is 2. The van der Waals surface area contributed by atoms with Crippen molar-refractivity contribution in [2.75, 3.05) is 6.54 Å². The number of carbonyl (C=O) groups is 2. The van der Waals surface area contributed by atoms with Gasteiger partial charge in [0, 0.05) is 6.54 Å². The third kappa shape index (κ3) is 3.10. The summed E-state index contributed by atoms with van der Waals surface area (Å²) in [4.78, 5) is 22.8. The normalized spacial score (nSPS) is 21.8. The Kier molecular flexibility index (Phi) is 3.21. The Morgan fingerprint density at radius 2 is 2.00 bits per heavy atom. The Labute approximate surface area is 84.2 Å². The zero-order valence-electron chi connectivity index (χ0n) is 7.75.